The number of methoxy groups -OCH3 is 2. The molecule has 3 N–H and O–H groups in total. The van der Waals surface area contributed by atoms with Crippen LogP contribution in [0.4, 0.5) is 0 Å². The van der Waals surface area contributed by atoms with Gasteiger partial charge >= 0.3 is 5.97 Å². The van der Waals surface area contributed by atoms with Gasteiger partial charge in [0.25, 0.3) is 0 Å². The number of ether oxygens (including phenoxy) is 7. The number of cyclic esters (lactones) is 1. The average molecular weight is 760 g/mol. The number of hydrogen-bond donors (Lipinski definition) is 3. The summed E-state index contributed by atoms with van der Waals surface area (Å²) in [6.45, 7) is 11.3. The fourth-order valence-corrected chi connectivity index (χ4v) is 8.31. The van der Waals surface area contributed by atoms with Crippen LogP contribution in [0, 0.1) is 29.6 Å². The number of carbonyl (C=O) groups excluding carboxylic acids is 3. The van der Waals surface area contributed by atoms with Crippen molar-refractivity contribution in [2.45, 2.75) is 166 Å². The van der Waals surface area contributed by atoms with Gasteiger partial charge in [-0.1, -0.05) is 27.7 Å². The molecule has 3 aliphatic rings. The van der Waals surface area contributed by atoms with Crippen molar-refractivity contribution in [2.75, 3.05) is 34.9 Å². The second-order valence-electron chi connectivity index (χ2n) is 16.1. The minimum Gasteiger partial charge on any atom is -0.462 e. The quantitative estimate of drug-likeness (QED) is 0.207. The fraction of sp³-hybridized carbons (Fsp3) is 0.923. The zero-order valence-corrected chi connectivity index (χ0v) is 33.6. The minimum atomic E-state index is -1.23. The Balaban J connectivity index is 1.90. The van der Waals surface area contributed by atoms with Crippen LogP contribution in [0.5, 0.6) is 0 Å². The highest BCUT2D eigenvalue weighted by Crippen LogP contribution is 2.35. The van der Waals surface area contributed by atoms with E-state index in [1.165, 1.54) is 14.2 Å². The Hall–Kier alpha value is -1.59. The highest BCUT2D eigenvalue weighted by atomic mass is 16.7. The lowest BCUT2D eigenvalue weighted by molar-refractivity contribution is -0.305. The number of ketones is 1. The lowest BCUT2D eigenvalue weighted by Crippen LogP contribution is -2.59. The summed E-state index contributed by atoms with van der Waals surface area (Å²) in [5.74, 6) is -2.37. The summed E-state index contributed by atoms with van der Waals surface area (Å²) in [5.41, 5.74) is 0. The van der Waals surface area contributed by atoms with Gasteiger partial charge in [-0.2, -0.15) is 0 Å². The Bertz CT molecular complexity index is 1130. The second-order valence-corrected chi connectivity index (χ2v) is 16.1. The van der Waals surface area contributed by atoms with E-state index in [0.717, 1.165) is 6.29 Å². The van der Waals surface area contributed by atoms with Crippen molar-refractivity contribution in [1.82, 2.24) is 4.90 Å². The summed E-state index contributed by atoms with van der Waals surface area (Å²) < 4.78 is 42.1. The summed E-state index contributed by atoms with van der Waals surface area (Å²) in [4.78, 5) is 41.2. The molecule has 53 heavy (non-hydrogen) atoms. The van der Waals surface area contributed by atoms with Crippen LogP contribution in [0.25, 0.3) is 0 Å². The molecule has 3 rings (SSSR count). The van der Waals surface area contributed by atoms with Crippen LogP contribution < -0.4 is 0 Å². The van der Waals surface area contributed by atoms with Crippen LogP contribution in [0.1, 0.15) is 92.9 Å². The summed E-state index contributed by atoms with van der Waals surface area (Å²) in [6.07, 6.45) is -5.26. The van der Waals surface area contributed by atoms with Crippen molar-refractivity contribution in [3.8, 4) is 0 Å². The SMILES string of the molecule is CCC1OC(=O)C[C@@H](O)[C@H](C)C(O[C@@H]2O[C@H](C)C[C@H](N(C)C)[C@H]2O)[C@@H](CC=O)C[C@@H](C)C(=O)CCC(C)C[C@@H]1CO[C@@H]1O[C@H](C)[C@@H](O)[C@@H](OC)[C@H]1OC. The number of esters is 1. The lowest BCUT2D eigenvalue weighted by atomic mass is 9.79. The molecule has 3 saturated heterocycles. The molecule has 0 aromatic rings. The smallest absolute Gasteiger partial charge is 0.308 e. The number of aldehydes is 1. The van der Waals surface area contributed by atoms with Crippen molar-refractivity contribution in [2.24, 2.45) is 29.6 Å². The zero-order chi connectivity index (χ0) is 39.6. The number of rotatable bonds is 11. The molecule has 14 nitrogen and oxygen atoms in total. The van der Waals surface area contributed by atoms with E-state index >= 15 is 0 Å². The van der Waals surface area contributed by atoms with Crippen LogP contribution >= 0.6 is 0 Å². The van der Waals surface area contributed by atoms with Gasteiger partial charge in [-0.25, -0.2) is 0 Å². The van der Waals surface area contributed by atoms with Gasteiger partial charge in [-0.15, -0.1) is 0 Å². The van der Waals surface area contributed by atoms with Gasteiger partial charge in [0.1, 0.15) is 42.6 Å². The molecule has 14 heteroatoms. The molecule has 0 saturated carbocycles. The van der Waals surface area contributed by atoms with E-state index in [0.29, 0.717) is 38.5 Å². The van der Waals surface area contributed by atoms with Gasteiger partial charge in [0.05, 0.1) is 37.4 Å². The predicted molar refractivity (Wildman–Crippen MR) is 195 cm³/mol. The van der Waals surface area contributed by atoms with Gasteiger partial charge in [0, 0.05) is 50.9 Å². The topological polar surface area (TPSA) is 180 Å². The number of carbonyl (C=O) groups is 3. The third kappa shape index (κ3) is 12.5. The predicted octanol–water partition coefficient (Wildman–Crippen LogP) is 2.90. The van der Waals surface area contributed by atoms with Crippen LogP contribution in [0.3, 0.4) is 0 Å². The van der Waals surface area contributed by atoms with Crippen LogP contribution in [-0.4, -0.2) is 147 Å². The van der Waals surface area contributed by atoms with Crippen LogP contribution in [0.15, 0.2) is 0 Å². The maximum absolute atomic E-state index is 13.6. The minimum absolute atomic E-state index is 0.0578. The number of Topliss-reactive ketones (excluding diaryl/α,β-unsaturated/α-hetero) is 1. The van der Waals surface area contributed by atoms with E-state index in [1.807, 2.05) is 39.8 Å². The first-order valence-electron chi connectivity index (χ1n) is 19.6. The molecule has 3 fully saturated rings. The van der Waals surface area contributed by atoms with E-state index < -0.39 is 85.1 Å². The first kappa shape index (κ1) is 45.8. The molecule has 0 amide bonds. The first-order valence-corrected chi connectivity index (χ1v) is 19.6. The van der Waals surface area contributed by atoms with Crippen molar-refractivity contribution in [1.29, 1.82) is 0 Å². The highest BCUT2D eigenvalue weighted by molar-refractivity contribution is 5.80. The lowest BCUT2D eigenvalue weighted by Gasteiger charge is -2.44. The molecule has 0 spiro atoms. The van der Waals surface area contributed by atoms with Crippen molar-refractivity contribution in [3.05, 3.63) is 0 Å². The van der Waals surface area contributed by atoms with E-state index in [-0.39, 0.29) is 49.2 Å². The molecular formula is C39H69NO13. The Kier molecular flexibility index (Phi) is 18.7. The van der Waals surface area contributed by atoms with Crippen molar-refractivity contribution in [3.63, 3.8) is 0 Å². The third-order valence-corrected chi connectivity index (χ3v) is 11.7. The molecule has 3 heterocycles. The van der Waals surface area contributed by atoms with Gasteiger partial charge < -0.3 is 58.2 Å². The van der Waals surface area contributed by atoms with Gasteiger partial charge in [-0.3, -0.25) is 9.59 Å². The standard InChI is InChI=1S/C39H69NO13/c1-11-31-27(20-49-39-37(48-10)36(47-9)33(45)25(6)51-39)16-21(2)12-13-29(42)22(3)17-26(14-15-41)35(24(5)30(43)19-32(44)52-31)53-38-34(46)28(40(7)8)18-23(4)50-38/h15,21-28,30-31,33-39,43,45-46H,11-14,16-20H2,1-10H3/t21?,22-,23-,24+,25-,26+,27-,28+,30-,31?,33-,34-,35?,36-,37-,38+,39-/m1/s1. The molecule has 308 valence electrons. The maximum Gasteiger partial charge on any atom is 0.308 e. The Morgan fingerprint density at radius 1 is 0.868 bits per heavy atom. The number of aliphatic hydroxyl groups excluding tert-OH is 3. The highest BCUT2D eigenvalue weighted by Gasteiger charge is 2.46. The summed E-state index contributed by atoms with van der Waals surface area (Å²) in [5, 5.41) is 33.5. The normalized spacial score (nSPS) is 43.0. The maximum atomic E-state index is 13.6. The van der Waals surface area contributed by atoms with Crippen LogP contribution in [-0.2, 0) is 47.5 Å². The van der Waals surface area contributed by atoms with Gasteiger partial charge in [0.15, 0.2) is 12.6 Å². The molecule has 0 aromatic heterocycles. The molecule has 0 aliphatic carbocycles. The van der Waals surface area contributed by atoms with E-state index in [4.69, 9.17) is 33.2 Å². The summed E-state index contributed by atoms with van der Waals surface area (Å²) >= 11 is 0. The average Bonchev–Trinajstić information content (AvgIpc) is 3.11. The van der Waals surface area contributed by atoms with E-state index in [2.05, 4.69) is 6.92 Å². The molecule has 0 aromatic carbocycles. The molecular weight excluding hydrogens is 690 g/mol. The van der Waals surface area contributed by atoms with Gasteiger partial charge in [0.2, 0.25) is 0 Å². The summed E-state index contributed by atoms with van der Waals surface area (Å²) in [7, 11) is 6.74. The molecule has 17 atom stereocenters. The van der Waals surface area contributed by atoms with Crippen LogP contribution in [0.2, 0.25) is 0 Å². The molecule has 3 unspecified atom stereocenters. The first-order chi connectivity index (χ1) is 25.1. The number of aliphatic hydroxyl groups is 3. The molecule has 0 bridgehead atoms. The number of hydrogen-bond acceptors (Lipinski definition) is 14. The largest absolute Gasteiger partial charge is 0.462 e. The van der Waals surface area contributed by atoms with E-state index in [9.17, 15) is 29.7 Å². The fourth-order valence-electron chi connectivity index (χ4n) is 8.31. The third-order valence-electron chi connectivity index (χ3n) is 11.7. The Morgan fingerprint density at radius 2 is 1.55 bits per heavy atom. The molecule has 0 radical (unpaired) electrons. The Labute approximate surface area is 316 Å². The molecule has 3 aliphatic heterocycles. The Morgan fingerprint density at radius 3 is 2.15 bits per heavy atom. The van der Waals surface area contributed by atoms with Crippen molar-refractivity contribution >= 4 is 18.0 Å². The number of likely N-dealkylation sites (N-methyl/N-ethyl adjacent to an activating group) is 1. The second kappa shape index (κ2) is 21.6. The van der Waals surface area contributed by atoms with Crippen molar-refractivity contribution < 1.29 is 62.9 Å². The monoisotopic (exact) mass is 759 g/mol. The van der Waals surface area contributed by atoms with Gasteiger partial charge in [-0.05, 0) is 71.9 Å². The summed E-state index contributed by atoms with van der Waals surface area (Å²) in [6, 6.07) is -0.249. The number of nitrogens with zero attached hydrogens (tertiary/aromatic N) is 1. The zero-order valence-electron chi connectivity index (χ0n) is 33.6. The van der Waals surface area contributed by atoms with E-state index in [1.54, 1.807) is 13.8 Å².